The maximum Gasteiger partial charge on any atom is 0.475 e. The van der Waals surface area contributed by atoms with E-state index in [-0.39, 0.29) is 0 Å². The highest BCUT2D eigenvalue weighted by Gasteiger charge is 2.60. The first-order valence-corrected chi connectivity index (χ1v) is 7.05. The molecule has 26 heavy (non-hydrogen) atoms. The van der Waals surface area contributed by atoms with Crippen LogP contribution in [0.25, 0.3) is 0 Å². The monoisotopic (exact) mass is 538 g/mol. The Kier molecular flexibility index (Phi) is 6.04. The van der Waals surface area contributed by atoms with E-state index in [1.165, 1.54) is 0 Å². The molecule has 0 bridgehead atoms. The van der Waals surface area contributed by atoms with E-state index < -0.39 is 56.6 Å². The van der Waals surface area contributed by atoms with Crippen LogP contribution < -0.4 is 9.47 Å². The fourth-order valence-electron chi connectivity index (χ4n) is 1.14. The Labute approximate surface area is 151 Å². The van der Waals surface area contributed by atoms with Gasteiger partial charge in [-0.1, -0.05) is 0 Å². The zero-order valence-corrected chi connectivity index (χ0v) is 14.3. The van der Waals surface area contributed by atoms with Gasteiger partial charge in [0, 0.05) is 31.9 Å². The van der Waals surface area contributed by atoms with Gasteiger partial charge in [-0.25, -0.2) is 0 Å². The second kappa shape index (κ2) is 6.83. The van der Waals surface area contributed by atoms with Gasteiger partial charge in [0.2, 0.25) is 34.8 Å². The number of hydrogen-bond donors (Lipinski definition) is 0. The highest BCUT2D eigenvalue weighted by Crippen LogP contribution is 2.46. The van der Waals surface area contributed by atoms with Crippen molar-refractivity contribution >= 4 is 31.9 Å². The lowest BCUT2D eigenvalue weighted by molar-refractivity contribution is -0.270. The maximum absolute atomic E-state index is 13.5. The second-order valence-electron chi connectivity index (χ2n) is 4.15. The van der Waals surface area contributed by atoms with Gasteiger partial charge >= 0.3 is 21.9 Å². The molecule has 0 amide bonds. The van der Waals surface area contributed by atoms with Crippen molar-refractivity contribution < 1.29 is 62.2 Å². The molecule has 0 saturated heterocycles. The number of rotatable bonds is 6. The highest BCUT2D eigenvalue weighted by atomic mass is 79.9. The predicted molar refractivity (Wildman–Crippen MR) is 65.2 cm³/mol. The van der Waals surface area contributed by atoms with Crippen molar-refractivity contribution in [1.82, 2.24) is 0 Å². The third-order valence-electron chi connectivity index (χ3n) is 2.30. The van der Waals surface area contributed by atoms with Crippen LogP contribution in [0.3, 0.4) is 0 Å². The van der Waals surface area contributed by atoms with Crippen LogP contribution in [0.15, 0.2) is 0 Å². The van der Waals surface area contributed by atoms with E-state index in [9.17, 15) is 52.7 Å². The standard InChI is InChI=1S/C10Br2F12O2/c11-7(17,18)9(21,22)25-5-1(13)2(14)6(4(16)3(5)15)26-10(23,24)8(12,19)20. The lowest BCUT2D eigenvalue weighted by Gasteiger charge is -2.24. The lowest BCUT2D eigenvalue weighted by atomic mass is 10.2. The molecular formula is C10Br2F12O2. The Balaban J connectivity index is 3.48. The summed E-state index contributed by atoms with van der Waals surface area (Å²) in [5.74, 6) is -17.7. The van der Waals surface area contributed by atoms with Crippen LogP contribution in [0.4, 0.5) is 52.7 Å². The van der Waals surface area contributed by atoms with E-state index in [2.05, 4.69) is 9.47 Å². The summed E-state index contributed by atoms with van der Waals surface area (Å²) in [6.07, 6.45) is -11.6. The van der Waals surface area contributed by atoms with Gasteiger partial charge < -0.3 is 9.47 Å². The molecule has 0 aliphatic rings. The molecule has 0 saturated carbocycles. The third-order valence-corrected chi connectivity index (χ3v) is 3.23. The van der Waals surface area contributed by atoms with Crippen LogP contribution in [0.5, 0.6) is 11.5 Å². The number of alkyl halides is 10. The zero-order chi connectivity index (χ0) is 20.9. The van der Waals surface area contributed by atoms with Gasteiger partial charge in [-0.2, -0.15) is 52.7 Å². The van der Waals surface area contributed by atoms with E-state index in [1.807, 2.05) is 0 Å². The van der Waals surface area contributed by atoms with Gasteiger partial charge in [-0.15, -0.1) is 0 Å². The van der Waals surface area contributed by atoms with E-state index in [1.54, 1.807) is 0 Å². The fourth-order valence-corrected chi connectivity index (χ4v) is 1.30. The molecule has 0 aliphatic carbocycles. The van der Waals surface area contributed by atoms with Crippen molar-refractivity contribution in [2.45, 2.75) is 21.9 Å². The van der Waals surface area contributed by atoms with Crippen molar-refractivity contribution in [3.8, 4) is 11.5 Å². The fraction of sp³-hybridized carbons (Fsp3) is 0.400. The topological polar surface area (TPSA) is 18.5 Å². The Morgan fingerprint density at radius 1 is 0.500 bits per heavy atom. The average molecular weight is 540 g/mol. The van der Waals surface area contributed by atoms with Gasteiger partial charge in [0.1, 0.15) is 0 Å². The summed E-state index contributed by atoms with van der Waals surface area (Å²) < 4.78 is 161. The van der Waals surface area contributed by atoms with Gasteiger partial charge in [0.25, 0.3) is 0 Å². The molecule has 1 aromatic carbocycles. The van der Waals surface area contributed by atoms with Crippen molar-refractivity contribution in [3.63, 3.8) is 0 Å². The van der Waals surface area contributed by atoms with E-state index >= 15 is 0 Å². The molecule has 0 N–H and O–H groups in total. The normalized spacial score (nSPS) is 13.8. The molecule has 0 heterocycles. The number of ether oxygens (including phenoxy) is 2. The minimum absolute atomic E-state index is 1.07. The quantitative estimate of drug-likeness (QED) is 0.245. The molecule has 0 fully saturated rings. The van der Waals surface area contributed by atoms with Gasteiger partial charge in [0.15, 0.2) is 0 Å². The average Bonchev–Trinajstić information content (AvgIpc) is 2.43. The largest absolute Gasteiger partial charge is 0.475 e. The van der Waals surface area contributed by atoms with Crippen molar-refractivity contribution in [3.05, 3.63) is 23.3 Å². The van der Waals surface area contributed by atoms with Gasteiger partial charge in [-0.3, -0.25) is 0 Å². The third kappa shape index (κ3) is 4.26. The summed E-state index contributed by atoms with van der Waals surface area (Å²) in [5, 5.41) is 0. The first kappa shape index (κ1) is 23.0. The van der Waals surface area contributed by atoms with E-state index in [4.69, 9.17) is 0 Å². The molecule has 16 heteroatoms. The second-order valence-corrected chi connectivity index (χ2v) is 6.14. The number of hydrogen-bond acceptors (Lipinski definition) is 2. The van der Waals surface area contributed by atoms with E-state index in [0.717, 1.165) is 31.9 Å². The molecule has 0 spiro atoms. The Hall–Kier alpha value is -1.06. The van der Waals surface area contributed by atoms with Crippen LogP contribution in [0.1, 0.15) is 0 Å². The zero-order valence-electron chi connectivity index (χ0n) is 11.1. The number of benzene rings is 1. The highest BCUT2D eigenvalue weighted by molar-refractivity contribution is 9.10. The SMILES string of the molecule is Fc1c(F)c(OC(F)(F)C(F)(F)Br)c(F)c(F)c1OC(F)(F)C(F)(F)Br. The predicted octanol–water partition coefficient (Wildman–Crippen LogP) is 6.16. The Morgan fingerprint density at radius 3 is 0.846 bits per heavy atom. The molecule has 1 rings (SSSR count). The van der Waals surface area contributed by atoms with Gasteiger partial charge in [-0.05, 0) is 0 Å². The maximum atomic E-state index is 13.5. The minimum Gasteiger partial charge on any atom is -0.421 e. The molecular weight excluding hydrogens is 540 g/mol. The smallest absolute Gasteiger partial charge is 0.421 e. The summed E-state index contributed by atoms with van der Waals surface area (Å²) in [6.45, 7) is 0. The van der Waals surface area contributed by atoms with E-state index in [0.29, 0.717) is 0 Å². The van der Waals surface area contributed by atoms with Crippen LogP contribution >= 0.6 is 31.9 Å². The Morgan fingerprint density at radius 2 is 0.692 bits per heavy atom. The molecule has 1 aromatic rings. The summed E-state index contributed by atoms with van der Waals surface area (Å²) in [4.78, 5) is -10.6. The van der Waals surface area contributed by atoms with Crippen molar-refractivity contribution in [2.75, 3.05) is 0 Å². The van der Waals surface area contributed by atoms with Gasteiger partial charge in [0.05, 0.1) is 0 Å². The molecule has 0 aliphatic heterocycles. The number of halogens is 14. The molecule has 0 atom stereocenters. The molecule has 0 radical (unpaired) electrons. The summed E-state index contributed by atoms with van der Waals surface area (Å²) >= 11 is 2.13. The van der Waals surface area contributed by atoms with Crippen LogP contribution in [-0.4, -0.2) is 21.9 Å². The molecule has 150 valence electrons. The molecule has 2 nitrogen and oxygen atoms in total. The van der Waals surface area contributed by atoms with Crippen molar-refractivity contribution in [1.29, 1.82) is 0 Å². The van der Waals surface area contributed by atoms with Crippen molar-refractivity contribution in [2.24, 2.45) is 0 Å². The molecule has 0 unspecified atom stereocenters. The molecule has 0 aromatic heterocycles. The van der Waals surface area contributed by atoms with Crippen LogP contribution in [0.2, 0.25) is 0 Å². The first-order valence-electron chi connectivity index (χ1n) is 5.46. The Bertz CT molecular complexity index is 609. The summed E-state index contributed by atoms with van der Waals surface area (Å²) in [6, 6.07) is 0. The summed E-state index contributed by atoms with van der Waals surface area (Å²) in [5.41, 5.74) is 0. The van der Waals surface area contributed by atoms with Crippen LogP contribution in [-0.2, 0) is 0 Å². The minimum atomic E-state index is -5.78. The lowest BCUT2D eigenvalue weighted by Crippen LogP contribution is -2.42. The van der Waals surface area contributed by atoms with Crippen LogP contribution in [0, 0.1) is 23.3 Å². The first-order chi connectivity index (χ1) is 11.3. The summed E-state index contributed by atoms with van der Waals surface area (Å²) in [7, 11) is 0.